The Balaban J connectivity index is 2.16. The maximum absolute atomic E-state index is 12.5. The van der Waals surface area contributed by atoms with Gasteiger partial charge in [-0.2, -0.15) is 0 Å². The molecule has 0 saturated heterocycles. The number of hydrogen-bond donors (Lipinski definition) is 2. The van der Waals surface area contributed by atoms with Gasteiger partial charge in [0.05, 0.1) is 11.9 Å². The molecular formula is C16H26N4O. The van der Waals surface area contributed by atoms with Crippen molar-refractivity contribution in [3.63, 3.8) is 0 Å². The molecule has 1 aliphatic carbocycles. The normalized spacial score (nSPS) is 20.4. The van der Waals surface area contributed by atoms with E-state index in [2.05, 4.69) is 34.4 Å². The molecule has 2 unspecified atom stereocenters. The lowest BCUT2D eigenvalue weighted by Gasteiger charge is -2.13. The van der Waals surface area contributed by atoms with Crippen molar-refractivity contribution < 1.29 is 4.79 Å². The zero-order chi connectivity index (χ0) is 15.4. The van der Waals surface area contributed by atoms with Gasteiger partial charge in [0.2, 0.25) is 0 Å². The highest BCUT2D eigenvalue weighted by molar-refractivity contribution is 5.97. The first-order chi connectivity index (χ1) is 10.1. The highest BCUT2D eigenvalue weighted by atomic mass is 16.2. The minimum atomic E-state index is -0.0844. The minimum Gasteiger partial charge on any atom is -0.382 e. The molecule has 1 aliphatic rings. The number of nitrogens with zero attached hydrogens (tertiary/aromatic N) is 2. The van der Waals surface area contributed by atoms with Gasteiger partial charge in [-0.05, 0) is 18.8 Å². The van der Waals surface area contributed by atoms with Gasteiger partial charge in [-0.1, -0.05) is 34.1 Å². The van der Waals surface area contributed by atoms with E-state index in [1.807, 2.05) is 13.8 Å². The molecule has 1 heterocycles. The van der Waals surface area contributed by atoms with Crippen LogP contribution in [0.25, 0.3) is 0 Å². The molecule has 21 heavy (non-hydrogen) atoms. The quantitative estimate of drug-likeness (QED) is 0.810. The van der Waals surface area contributed by atoms with Crippen LogP contribution in [0.5, 0.6) is 0 Å². The Morgan fingerprint density at radius 1 is 1.43 bits per heavy atom. The van der Waals surface area contributed by atoms with Gasteiger partial charge in [0.25, 0.3) is 5.91 Å². The summed E-state index contributed by atoms with van der Waals surface area (Å²) in [7, 11) is 0. The van der Waals surface area contributed by atoms with Crippen LogP contribution < -0.4 is 10.6 Å². The minimum absolute atomic E-state index is 0.0844. The molecule has 0 bridgehead atoms. The average molecular weight is 290 g/mol. The Bertz CT molecular complexity index is 501. The van der Waals surface area contributed by atoms with E-state index in [-0.39, 0.29) is 11.8 Å². The lowest BCUT2D eigenvalue weighted by atomic mass is 10.2. The van der Waals surface area contributed by atoms with Gasteiger partial charge in [0.15, 0.2) is 5.69 Å². The molecule has 2 atom stereocenters. The van der Waals surface area contributed by atoms with Crippen LogP contribution in [-0.4, -0.2) is 28.5 Å². The fourth-order valence-corrected chi connectivity index (χ4v) is 2.35. The summed E-state index contributed by atoms with van der Waals surface area (Å²) in [6.45, 7) is 9.12. The van der Waals surface area contributed by atoms with Gasteiger partial charge in [-0.25, -0.2) is 9.97 Å². The fraction of sp³-hybridized carbons (Fsp3) is 0.688. The highest BCUT2D eigenvalue weighted by Crippen LogP contribution is 2.33. The van der Waals surface area contributed by atoms with Gasteiger partial charge in [0, 0.05) is 18.5 Å². The molecular weight excluding hydrogens is 264 g/mol. The topological polar surface area (TPSA) is 66.9 Å². The SMILES string of the molecule is CCCNc1cnc(C(C)C)nc1C(=O)NC1CC1CC. The molecule has 0 aliphatic heterocycles. The van der Waals surface area contributed by atoms with Crippen molar-refractivity contribution in [1.82, 2.24) is 15.3 Å². The van der Waals surface area contributed by atoms with E-state index in [0.717, 1.165) is 31.5 Å². The Kier molecular flexibility index (Phi) is 5.15. The van der Waals surface area contributed by atoms with Crippen LogP contribution in [0.2, 0.25) is 0 Å². The van der Waals surface area contributed by atoms with Crippen LogP contribution in [0.4, 0.5) is 5.69 Å². The van der Waals surface area contributed by atoms with E-state index >= 15 is 0 Å². The lowest BCUT2D eigenvalue weighted by molar-refractivity contribution is 0.0944. The molecule has 2 rings (SSSR count). The number of hydrogen-bond acceptors (Lipinski definition) is 4. The third-order valence-electron chi connectivity index (χ3n) is 3.87. The Morgan fingerprint density at radius 3 is 2.76 bits per heavy atom. The zero-order valence-electron chi connectivity index (χ0n) is 13.4. The van der Waals surface area contributed by atoms with Crippen molar-refractivity contribution in [3.05, 3.63) is 17.7 Å². The van der Waals surface area contributed by atoms with Crippen LogP contribution in [-0.2, 0) is 0 Å². The molecule has 1 amide bonds. The Labute approximate surface area is 127 Å². The van der Waals surface area contributed by atoms with Crippen molar-refractivity contribution in [2.45, 2.75) is 58.9 Å². The first-order valence-corrected chi connectivity index (χ1v) is 7.98. The smallest absolute Gasteiger partial charge is 0.272 e. The van der Waals surface area contributed by atoms with E-state index in [9.17, 15) is 4.79 Å². The van der Waals surface area contributed by atoms with Gasteiger partial charge >= 0.3 is 0 Å². The number of rotatable bonds is 7. The van der Waals surface area contributed by atoms with E-state index in [4.69, 9.17) is 0 Å². The number of aromatic nitrogens is 2. The predicted octanol–water partition coefficient (Wildman–Crippen LogP) is 2.95. The van der Waals surface area contributed by atoms with Gasteiger partial charge in [-0.3, -0.25) is 4.79 Å². The number of carbonyl (C=O) groups is 1. The summed E-state index contributed by atoms with van der Waals surface area (Å²) < 4.78 is 0. The average Bonchev–Trinajstić information content (AvgIpc) is 3.22. The molecule has 1 aromatic rings. The second-order valence-corrected chi connectivity index (χ2v) is 6.06. The first kappa shape index (κ1) is 15.7. The molecule has 116 valence electrons. The lowest BCUT2D eigenvalue weighted by Crippen LogP contribution is -2.29. The number of amides is 1. The number of carbonyl (C=O) groups excluding carboxylic acids is 1. The number of anilines is 1. The van der Waals surface area contributed by atoms with E-state index in [1.165, 1.54) is 0 Å². The maximum Gasteiger partial charge on any atom is 0.272 e. The van der Waals surface area contributed by atoms with Gasteiger partial charge < -0.3 is 10.6 Å². The molecule has 0 radical (unpaired) electrons. The summed E-state index contributed by atoms with van der Waals surface area (Å²) >= 11 is 0. The molecule has 0 spiro atoms. The van der Waals surface area contributed by atoms with E-state index in [1.54, 1.807) is 6.20 Å². The van der Waals surface area contributed by atoms with E-state index in [0.29, 0.717) is 23.5 Å². The Hall–Kier alpha value is -1.65. The number of nitrogens with one attached hydrogen (secondary N) is 2. The molecule has 0 aromatic carbocycles. The van der Waals surface area contributed by atoms with Crippen LogP contribution in [0.1, 0.15) is 69.2 Å². The second kappa shape index (κ2) is 6.87. The molecule has 5 heteroatoms. The van der Waals surface area contributed by atoms with Crippen molar-refractivity contribution in [3.8, 4) is 0 Å². The third-order valence-corrected chi connectivity index (χ3v) is 3.87. The molecule has 2 N–H and O–H groups in total. The van der Waals surface area contributed by atoms with Crippen molar-refractivity contribution >= 4 is 11.6 Å². The fourth-order valence-electron chi connectivity index (χ4n) is 2.35. The van der Waals surface area contributed by atoms with Crippen LogP contribution in [0, 0.1) is 5.92 Å². The summed E-state index contributed by atoms with van der Waals surface area (Å²) in [6.07, 6.45) is 4.93. The summed E-state index contributed by atoms with van der Waals surface area (Å²) in [6, 6.07) is 0.319. The van der Waals surface area contributed by atoms with Gasteiger partial charge in [0.1, 0.15) is 5.82 Å². The standard InChI is InChI=1S/C16H26N4O/c1-5-7-17-13-9-18-15(10(3)4)20-14(13)16(21)19-12-8-11(12)6-2/h9-12,17H,5-8H2,1-4H3,(H,19,21). The van der Waals surface area contributed by atoms with E-state index < -0.39 is 0 Å². The maximum atomic E-state index is 12.5. The van der Waals surface area contributed by atoms with Crippen molar-refractivity contribution in [1.29, 1.82) is 0 Å². The third kappa shape index (κ3) is 3.93. The summed E-state index contributed by atoms with van der Waals surface area (Å²) in [4.78, 5) is 21.3. The second-order valence-electron chi connectivity index (χ2n) is 6.06. The van der Waals surface area contributed by atoms with Crippen LogP contribution in [0.15, 0.2) is 6.20 Å². The summed E-state index contributed by atoms with van der Waals surface area (Å²) in [5, 5.41) is 6.33. The van der Waals surface area contributed by atoms with Crippen LogP contribution >= 0.6 is 0 Å². The monoisotopic (exact) mass is 290 g/mol. The molecule has 1 saturated carbocycles. The molecule has 5 nitrogen and oxygen atoms in total. The van der Waals surface area contributed by atoms with Crippen molar-refractivity contribution in [2.24, 2.45) is 5.92 Å². The highest BCUT2D eigenvalue weighted by Gasteiger charge is 2.37. The summed E-state index contributed by atoms with van der Waals surface area (Å²) in [5.41, 5.74) is 1.20. The predicted molar refractivity (Wildman–Crippen MR) is 84.6 cm³/mol. The Morgan fingerprint density at radius 2 is 2.19 bits per heavy atom. The first-order valence-electron chi connectivity index (χ1n) is 7.98. The zero-order valence-corrected chi connectivity index (χ0v) is 13.4. The van der Waals surface area contributed by atoms with Gasteiger partial charge in [-0.15, -0.1) is 0 Å². The largest absolute Gasteiger partial charge is 0.382 e. The van der Waals surface area contributed by atoms with Crippen LogP contribution in [0.3, 0.4) is 0 Å². The molecule has 1 fully saturated rings. The van der Waals surface area contributed by atoms with Crippen molar-refractivity contribution in [2.75, 3.05) is 11.9 Å². The summed E-state index contributed by atoms with van der Waals surface area (Å²) in [5.74, 6) is 1.47. The molecule has 1 aromatic heterocycles.